The fourth-order valence-corrected chi connectivity index (χ4v) is 3.36. The lowest BCUT2D eigenvalue weighted by molar-refractivity contribution is 0.0616. The molecule has 2 N–H and O–H groups in total. The monoisotopic (exact) mass is 318 g/mol. The third kappa shape index (κ3) is 4.03. The van der Waals surface area contributed by atoms with Gasteiger partial charge in [0, 0.05) is 30.8 Å². The van der Waals surface area contributed by atoms with E-state index in [1.165, 1.54) is 0 Å². The van der Waals surface area contributed by atoms with Gasteiger partial charge < -0.3 is 20.1 Å². The molecule has 5 heteroatoms. The lowest BCUT2D eigenvalue weighted by Crippen LogP contribution is -2.48. The van der Waals surface area contributed by atoms with E-state index in [0.717, 1.165) is 44.6 Å². The Balaban J connectivity index is 1.62. The molecule has 5 nitrogen and oxygen atoms in total. The molecule has 23 heavy (non-hydrogen) atoms. The third-order valence-corrected chi connectivity index (χ3v) is 4.72. The number of amides is 1. The topological polar surface area (TPSA) is 64.8 Å². The average molecular weight is 318 g/mol. The fraction of sp³-hybridized carbons (Fsp3) is 0.611. The molecule has 1 aromatic rings. The highest BCUT2D eigenvalue weighted by Gasteiger charge is 2.27. The summed E-state index contributed by atoms with van der Waals surface area (Å²) in [6.07, 6.45) is 4.05. The van der Waals surface area contributed by atoms with Gasteiger partial charge in [0.15, 0.2) is 0 Å². The molecule has 2 fully saturated rings. The smallest absolute Gasteiger partial charge is 0.254 e. The van der Waals surface area contributed by atoms with Gasteiger partial charge in [0.2, 0.25) is 0 Å². The van der Waals surface area contributed by atoms with E-state index < -0.39 is 0 Å². The zero-order valence-electron chi connectivity index (χ0n) is 13.7. The number of rotatable bonds is 4. The van der Waals surface area contributed by atoms with Gasteiger partial charge in [-0.1, -0.05) is 6.07 Å². The van der Waals surface area contributed by atoms with Gasteiger partial charge in [0.1, 0.15) is 12.4 Å². The summed E-state index contributed by atoms with van der Waals surface area (Å²) in [5, 5.41) is 0. The lowest BCUT2D eigenvalue weighted by atomic mass is 9.98. The van der Waals surface area contributed by atoms with Crippen molar-refractivity contribution in [3.8, 4) is 5.75 Å². The highest BCUT2D eigenvalue weighted by molar-refractivity contribution is 5.94. The van der Waals surface area contributed by atoms with Gasteiger partial charge in [-0.25, -0.2) is 0 Å². The van der Waals surface area contributed by atoms with Crippen LogP contribution in [0.25, 0.3) is 0 Å². The Morgan fingerprint density at radius 1 is 1.43 bits per heavy atom. The first kappa shape index (κ1) is 16.3. The molecule has 0 saturated carbocycles. The van der Waals surface area contributed by atoms with E-state index >= 15 is 0 Å². The van der Waals surface area contributed by atoms with E-state index in [1.54, 1.807) is 0 Å². The molecule has 1 aromatic carbocycles. The molecule has 126 valence electrons. The quantitative estimate of drug-likeness (QED) is 0.924. The second kappa shape index (κ2) is 7.32. The average Bonchev–Trinajstić information content (AvgIpc) is 3.06. The summed E-state index contributed by atoms with van der Waals surface area (Å²) >= 11 is 0. The highest BCUT2D eigenvalue weighted by atomic mass is 16.5. The van der Waals surface area contributed by atoms with Crippen LogP contribution < -0.4 is 10.5 Å². The maximum absolute atomic E-state index is 12.7. The van der Waals surface area contributed by atoms with Crippen molar-refractivity contribution in [1.82, 2.24) is 4.90 Å². The van der Waals surface area contributed by atoms with Crippen molar-refractivity contribution in [1.29, 1.82) is 0 Å². The Labute approximate surface area is 137 Å². The van der Waals surface area contributed by atoms with Gasteiger partial charge >= 0.3 is 0 Å². The SMILES string of the molecule is C[C@@H]1C[C@@H](N)CCN1C(=O)c1cccc(OC[C@H]2CCCO2)c1. The summed E-state index contributed by atoms with van der Waals surface area (Å²) < 4.78 is 11.4. The number of piperidine rings is 1. The summed E-state index contributed by atoms with van der Waals surface area (Å²) in [5.74, 6) is 0.791. The van der Waals surface area contributed by atoms with Crippen LogP contribution in [0.1, 0.15) is 43.0 Å². The molecular weight excluding hydrogens is 292 g/mol. The van der Waals surface area contributed by atoms with Crippen LogP contribution in [0.15, 0.2) is 24.3 Å². The minimum Gasteiger partial charge on any atom is -0.491 e. The number of hydrogen-bond acceptors (Lipinski definition) is 4. The van der Waals surface area contributed by atoms with Crippen molar-refractivity contribution < 1.29 is 14.3 Å². The van der Waals surface area contributed by atoms with E-state index in [9.17, 15) is 4.79 Å². The molecule has 2 heterocycles. The molecule has 3 rings (SSSR count). The Morgan fingerprint density at radius 3 is 3.04 bits per heavy atom. The minimum atomic E-state index is 0.0620. The number of carbonyl (C=O) groups excluding carboxylic acids is 1. The second-order valence-corrected chi connectivity index (χ2v) is 6.61. The number of nitrogens with two attached hydrogens (primary N) is 1. The number of hydrogen-bond donors (Lipinski definition) is 1. The zero-order valence-corrected chi connectivity index (χ0v) is 13.7. The van der Waals surface area contributed by atoms with E-state index in [1.807, 2.05) is 29.2 Å². The molecule has 0 bridgehead atoms. The second-order valence-electron chi connectivity index (χ2n) is 6.61. The van der Waals surface area contributed by atoms with Crippen LogP contribution in [0.2, 0.25) is 0 Å². The summed E-state index contributed by atoms with van der Waals surface area (Å²) in [5.41, 5.74) is 6.66. The van der Waals surface area contributed by atoms with Crippen molar-refractivity contribution >= 4 is 5.91 Å². The van der Waals surface area contributed by atoms with Gasteiger partial charge in [-0.15, -0.1) is 0 Å². The van der Waals surface area contributed by atoms with Crippen molar-refractivity contribution in [3.63, 3.8) is 0 Å². The molecular formula is C18H26N2O3. The fourth-order valence-electron chi connectivity index (χ4n) is 3.36. The molecule has 3 atom stereocenters. The van der Waals surface area contributed by atoms with Crippen LogP contribution in [-0.2, 0) is 4.74 Å². The van der Waals surface area contributed by atoms with E-state index in [0.29, 0.717) is 12.2 Å². The Kier molecular flexibility index (Phi) is 5.18. The molecule has 2 saturated heterocycles. The number of nitrogens with zero attached hydrogens (tertiary/aromatic N) is 1. The van der Waals surface area contributed by atoms with Gasteiger partial charge in [-0.2, -0.15) is 0 Å². The Bertz CT molecular complexity index is 543. The van der Waals surface area contributed by atoms with E-state index in [2.05, 4.69) is 6.92 Å². The Morgan fingerprint density at radius 2 is 2.30 bits per heavy atom. The van der Waals surface area contributed by atoms with Crippen molar-refractivity contribution in [2.24, 2.45) is 5.73 Å². The summed E-state index contributed by atoms with van der Waals surface area (Å²) in [4.78, 5) is 14.7. The van der Waals surface area contributed by atoms with Crippen molar-refractivity contribution in [3.05, 3.63) is 29.8 Å². The largest absolute Gasteiger partial charge is 0.491 e. The lowest BCUT2D eigenvalue weighted by Gasteiger charge is -2.36. The predicted molar refractivity (Wildman–Crippen MR) is 88.6 cm³/mol. The highest BCUT2D eigenvalue weighted by Crippen LogP contribution is 2.22. The molecule has 2 aliphatic heterocycles. The van der Waals surface area contributed by atoms with Crippen LogP contribution in [-0.4, -0.2) is 48.8 Å². The summed E-state index contributed by atoms with van der Waals surface area (Å²) in [6.45, 7) is 4.16. The number of ether oxygens (including phenoxy) is 2. The first-order valence-corrected chi connectivity index (χ1v) is 8.54. The first-order chi connectivity index (χ1) is 11.1. The van der Waals surface area contributed by atoms with E-state index in [4.69, 9.17) is 15.2 Å². The minimum absolute atomic E-state index is 0.0620. The van der Waals surface area contributed by atoms with Crippen LogP contribution in [0, 0.1) is 0 Å². The van der Waals surface area contributed by atoms with E-state index in [-0.39, 0.29) is 24.1 Å². The van der Waals surface area contributed by atoms with Crippen molar-refractivity contribution in [2.75, 3.05) is 19.8 Å². The predicted octanol–water partition coefficient (Wildman–Crippen LogP) is 2.20. The maximum atomic E-state index is 12.7. The number of likely N-dealkylation sites (tertiary alicyclic amines) is 1. The molecule has 0 spiro atoms. The molecule has 0 aromatic heterocycles. The van der Waals surface area contributed by atoms with Gasteiger partial charge in [-0.05, 0) is 50.8 Å². The summed E-state index contributed by atoms with van der Waals surface area (Å²) in [7, 11) is 0. The van der Waals surface area contributed by atoms with Crippen LogP contribution in [0.3, 0.4) is 0 Å². The van der Waals surface area contributed by atoms with Crippen molar-refractivity contribution in [2.45, 2.75) is 50.8 Å². The van der Waals surface area contributed by atoms with Crippen LogP contribution in [0.4, 0.5) is 0 Å². The van der Waals surface area contributed by atoms with Gasteiger partial charge in [0.25, 0.3) is 5.91 Å². The third-order valence-electron chi connectivity index (χ3n) is 4.72. The van der Waals surface area contributed by atoms with Gasteiger partial charge in [-0.3, -0.25) is 4.79 Å². The Hall–Kier alpha value is -1.59. The van der Waals surface area contributed by atoms with Crippen LogP contribution in [0.5, 0.6) is 5.75 Å². The van der Waals surface area contributed by atoms with Crippen LogP contribution >= 0.6 is 0 Å². The molecule has 2 aliphatic rings. The molecule has 0 aliphatic carbocycles. The summed E-state index contributed by atoms with van der Waals surface area (Å²) in [6, 6.07) is 7.83. The standard InChI is InChI=1S/C18H26N2O3/c1-13-10-15(19)7-8-20(13)18(21)14-4-2-5-16(11-14)23-12-17-6-3-9-22-17/h2,4-5,11,13,15,17H,3,6-10,12,19H2,1H3/t13-,15+,17-/m1/s1. The first-order valence-electron chi connectivity index (χ1n) is 8.54. The normalized spacial score (nSPS) is 27.9. The molecule has 0 unspecified atom stereocenters. The molecule has 1 amide bonds. The number of carbonyl (C=O) groups is 1. The maximum Gasteiger partial charge on any atom is 0.254 e. The number of benzene rings is 1. The van der Waals surface area contributed by atoms with Gasteiger partial charge in [0.05, 0.1) is 6.10 Å². The zero-order chi connectivity index (χ0) is 16.2. The molecule has 0 radical (unpaired) electrons.